The largest absolute Gasteiger partial charge is 0.393 e. The Kier molecular flexibility index (Phi) is 3.29. The molecule has 0 aliphatic heterocycles. The van der Waals surface area contributed by atoms with Crippen molar-refractivity contribution in [3.63, 3.8) is 0 Å². The molecule has 0 saturated heterocycles. The maximum absolute atomic E-state index is 9.65. The quantitative estimate of drug-likeness (QED) is 0.455. The lowest BCUT2D eigenvalue weighted by Gasteiger charge is -2.27. The lowest BCUT2D eigenvalue weighted by Crippen LogP contribution is -2.39. The van der Waals surface area contributed by atoms with Gasteiger partial charge in [0.25, 0.3) is 0 Å². The van der Waals surface area contributed by atoms with Gasteiger partial charge in [0.2, 0.25) is 0 Å². The Balaban J connectivity index is 2.68. The molecule has 0 heterocycles. The van der Waals surface area contributed by atoms with Crippen LogP contribution in [0, 0.1) is 11.8 Å². The molecule has 3 unspecified atom stereocenters. The molecule has 5 atom stereocenters. The van der Waals surface area contributed by atoms with Crippen molar-refractivity contribution >= 4 is 0 Å². The van der Waals surface area contributed by atoms with Gasteiger partial charge >= 0.3 is 0 Å². The average Bonchev–Trinajstić information content (AvgIpc) is 2.26. The lowest BCUT2D eigenvalue weighted by atomic mass is 9.89. The van der Waals surface area contributed by atoms with Crippen LogP contribution in [-0.4, -0.2) is 44.8 Å². The fourth-order valence-corrected chi connectivity index (χ4v) is 1.90. The van der Waals surface area contributed by atoms with Crippen molar-refractivity contribution in [1.29, 1.82) is 0 Å². The maximum atomic E-state index is 9.65. The van der Waals surface area contributed by atoms with E-state index in [0.29, 0.717) is 0 Å². The molecule has 0 spiro atoms. The van der Waals surface area contributed by atoms with Gasteiger partial charge in [-0.05, 0) is 5.92 Å². The Labute approximate surface area is 77.8 Å². The van der Waals surface area contributed by atoms with Crippen molar-refractivity contribution < 1.29 is 20.4 Å². The van der Waals surface area contributed by atoms with Crippen LogP contribution in [0.1, 0.15) is 20.3 Å². The molecule has 1 saturated carbocycles. The summed E-state index contributed by atoms with van der Waals surface area (Å²) in [5, 5.41) is 37.8. The zero-order chi connectivity index (χ0) is 10.2. The molecule has 4 N–H and O–H groups in total. The van der Waals surface area contributed by atoms with E-state index >= 15 is 0 Å². The standard InChI is InChI=1S/C9H18O4/c1-4(2)8(12)7-5(10)3-6(11)9(7)13/h4-13H,3H2,1-2H3/t5?,6-,7?,8-,9?/m0/s1. The van der Waals surface area contributed by atoms with Crippen LogP contribution >= 0.6 is 0 Å². The van der Waals surface area contributed by atoms with Crippen molar-refractivity contribution in [2.75, 3.05) is 0 Å². The molecule has 1 rings (SSSR count). The first-order valence-corrected chi connectivity index (χ1v) is 4.67. The van der Waals surface area contributed by atoms with Crippen LogP contribution < -0.4 is 0 Å². The summed E-state index contributed by atoms with van der Waals surface area (Å²) < 4.78 is 0. The SMILES string of the molecule is CC(C)[C@H](O)C1C(O)C[C@H](O)C1O. The molecule has 0 aromatic heterocycles. The molecular weight excluding hydrogens is 172 g/mol. The van der Waals surface area contributed by atoms with E-state index in [-0.39, 0.29) is 12.3 Å². The van der Waals surface area contributed by atoms with Gasteiger partial charge < -0.3 is 20.4 Å². The second kappa shape index (κ2) is 3.92. The lowest BCUT2D eigenvalue weighted by molar-refractivity contribution is -0.0569. The number of hydrogen-bond acceptors (Lipinski definition) is 4. The molecule has 0 radical (unpaired) electrons. The number of rotatable bonds is 2. The first kappa shape index (κ1) is 10.9. The highest BCUT2D eigenvalue weighted by molar-refractivity contribution is 4.95. The van der Waals surface area contributed by atoms with Gasteiger partial charge in [0.05, 0.1) is 24.4 Å². The summed E-state index contributed by atoms with van der Waals surface area (Å²) in [5.74, 6) is -0.644. The normalized spacial score (nSPS) is 42.7. The first-order valence-electron chi connectivity index (χ1n) is 4.67. The highest BCUT2D eigenvalue weighted by Gasteiger charge is 2.45. The Bertz CT molecular complexity index is 171. The monoisotopic (exact) mass is 190 g/mol. The van der Waals surface area contributed by atoms with Crippen molar-refractivity contribution in [2.45, 2.75) is 44.7 Å². The van der Waals surface area contributed by atoms with E-state index < -0.39 is 30.3 Å². The third-order valence-corrected chi connectivity index (χ3v) is 2.79. The molecule has 0 aromatic carbocycles. The van der Waals surface area contributed by atoms with E-state index in [1.165, 1.54) is 0 Å². The maximum Gasteiger partial charge on any atom is 0.0877 e. The first-order chi connectivity index (χ1) is 5.95. The van der Waals surface area contributed by atoms with Crippen LogP contribution in [0.5, 0.6) is 0 Å². The molecule has 4 nitrogen and oxygen atoms in total. The summed E-state index contributed by atoms with van der Waals surface area (Å²) >= 11 is 0. The van der Waals surface area contributed by atoms with E-state index in [0.717, 1.165) is 0 Å². The van der Waals surface area contributed by atoms with Crippen LogP contribution in [-0.2, 0) is 0 Å². The summed E-state index contributed by atoms with van der Waals surface area (Å²) in [5.41, 5.74) is 0. The van der Waals surface area contributed by atoms with E-state index in [1.54, 1.807) is 0 Å². The fourth-order valence-electron chi connectivity index (χ4n) is 1.90. The van der Waals surface area contributed by atoms with Crippen LogP contribution in [0.25, 0.3) is 0 Å². The Morgan fingerprint density at radius 3 is 1.92 bits per heavy atom. The van der Waals surface area contributed by atoms with E-state index in [2.05, 4.69) is 0 Å². The van der Waals surface area contributed by atoms with Crippen molar-refractivity contribution in [2.24, 2.45) is 11.8 Å². The molecule has 0 aromatic rings. The van der Waals surface area contributed by atoms with Gasteiger partial charge in [-0.3, -0.25) is 0 Å². The smallest absolute Gasteiger partial charge is 0.0877 e. The van der Waals surface area contributed by atoms with Gasteiger partial charge in [0, 0.05) is 12.3 Å². The van der Waals surface area contributed by atoms with E-state index in [9.17, 15) is 20.4 Å². The minimum absolute atomic E-state index is 0.0281. The van der Waals surface area contributed by atoms with Crippen LogP contribution in [0.4, 0.5) is 0 Å². The molecular formula is C9H18O4. The molecule has 1 fully saturated rings. The van der Waals surface area contributed by atoms with E-state index in [4.69, 9.17) is 0 Å². The highest BCUT2D eigenvalue weighted by Crippen LogP contribution is 2.31. The van der Waals surface area contributed by atoms with Gasteiger partial charge in [-0.1, -0.05) is 13.8 Å². The summed E-state index contributed by atoms with van der Waals surface area (Å²) in [6.45, 7) is 3.63. The number of hydrogen-bond donors (Lipinski definition) is 4. The summed E-state index contributed by atoms with van der Waals surface area (Å²) in [7, 11) is 0. The van der Waals surface area contributed by atoms with Crippen LogP contribution in [0.2, 0.25) is 0 Å². The number of aliphatic hydroxyl groups is 4. The molecule has 0 bridgehead atoms. The Hall–Kier alpha value is -0.160. The third kappa shape index (κ3) is 2.02. The Morgan fingerprint density at radius 2 is 1.62 bits per heavy atom. The minimum Gasteiger partial charge on any atom is -0.393 e. The fraction of sp³-hybridized carbons (Fsp3) is 1.00. The molecule has 0 amide bonds. The topological polar surface area (TPSA) is 80.9 Å². The highest BCUT2D eigenvalue weighted by atomic mass is 16.3. The molecule has 1 aliphatic rings. The average molecular weight is 190 g/mol. The van der Waals surface area contributed by atoms with Crippen molar-refractivity contribution in [3.8, 4) is 0 Å². The van der Waals surface area contributed by atoms with Gasteiger partial charge in [0.15, 0.2) is 0 Å². The van der Waals surface area contributed by atoms with Crippen LogP contribution in [0.3, 0.4) is 0 Å². The van der Waals surface area contributed by atoms with Crippen molar-refractivity contribution in [3.05, 3.63) is 0 Å². The van der Waals surface area contributed by atoms with Gasteiger partial charge in [-0.2, -0.15) is 0 Å². The molecule has 4 heteroatoms. The van der Waals surface area contributed by atoms with E-state index in [1.807, 2.05) is 13.8 Å². The summed E-state index contributed by atoms with van der Waals surface area (Å²) in [6, 6.07) is 0. The second-order valence-electron chi connectivity index (χ2n) is 4.17. The zero-order valence-electron chi connectivity index (χ0n) is 7.96. The van der Waals surface area contributed by atoms with Gasteiger partial charge in [-0.25, -0.2) is 0 Å². The molecule has 1 aliphatic carbocycles. The summed E-state index contributed by atoms with van der Waals surface area (Å²) in [6.07, 6.45) is -3.33. The predicted molar refractivity (Wildman–Crippen MR) is 47.0 cm³/mol. The third-order valence-electron chi connectivity index (χ3n) is 2.79. The number of aliphatic hydroxyl groups excluding tert-OH is 4. The van der Waals surface area contributed by atoms with Crippen LogP contribution in [0.15, 0.2) is 0 Å². The Morgan fingerprint density at radius 1 is 1.08 bits per heavy atom. The zero-order valence-corrected chi connectivity index (χ0v) is 7.96. The second-order valence-corrected chi connectivity index (χ2v) is 4.17. The van der Waals surface area contributed by atoms with Gasteiger partial charge in [-0.15, -0.1) is 0 Å². The summed E-state index contributed by atoms with van der Waals surface area (Å²) in [4.78, 5) is 0. The van der Waals surface area contributed by atoms with Crippen molar-refractivity contribution in [1.82, 2.24) is 0 Å². The molecule has 78 valence electrons. The minimum atomic E-state index is -1.01. The predicted octanol–water partition coefficient (Wildman–Crippen LogP) is -0.894. The molecule has 13 heavy (non-hydrogen) atoms. The van der Waals surface area contributed by atoms with Gasteiger partial charge in [0.1, 0.15) is 0 Å².